The maximum atomic E-state index is 13.5. The smallest absolute Gasteiger partial charge is 0.234 e. The molecule has 2 aliphatic heterocycles. The third-order valence-corrected chi connectivity index (χ3v) is 9.31. The molecule has 190 valence electrons. The van der Waals surface area contributed by atoms with Gasteiger partial charge in [-0.05, 0) is 67.3 Å². The summed E-state index contributed by atoms with van der Waals surface area (Å²) >= 11 is 5.07. The number of amides is 2. The van der Waals surface area contributed by atoms with Crippen LogP contribution in [0.3, 0.4) is 0 Å². The van der Waals surface area contributed by atoms with Crippen LogP contribution in [0, 0.1) is 17.8 Å². The maximum Gasteiger partial charge on any atom is 0.234 e. The molecule has 5 rings (SSSR count). The summed E-state index contributed by atoms with van der Waals surface area (Å²) in [5, 5.41) is 12.2. The maximum absolute atomic E-state index is 13.5. The first-order chi connectivity index (χ1) is 17.4. The third-order valence-electron chi connectivity index (χ3n) is 7.95. The van der Waals surface area contributed by atoms with E-state index in [4.69, 9.17) is 4.74 Å². The Morgan fingerprint density at radius 3 is 2.78 bits per heavy atom. The Morgan fingerprint density at radius 2 is 2.06 bits per heavy atom. The summed E-state index contributed by atoms with van der Waals surface area (Å²) in [7, 11) is 0. The molecule has 0 saturated carbocycles. The van der Waals surface area contributed by atoms with Crippen LogP contribution >= 0.6 is 27.3 Å². The van der Waals surface area contributed by atoms with Crippen molar-refractivity contribution in [3.63, 3.8) is 0 Å². The number of imide groups is 1. The molecule has 2 amide bonds. The lowest BCUT2D eigenvalue weighted by Gasteiger charge is -2.31. The van der Waals surface area contributed by atoms with Crippen LogP contribution in [0.1, 0.15) is 56.4 Å². The van der Waals surface area contributed by atoms with Gasteiger partial charge in [-0.15, -0.1) is 11.3 Å². The number of thiophene rings is 1. The molecule has 0 bridgehead atoms. The van der Waals surface area contributed by atoms with Gasteiger partial charge in [0.15, 0.2) is 0 Å². The number of benzene rings is 1. The van der Waals surface area contributed by atoms with Crippen molar-refractivity contribution in [3.8, 4) is 5.75 Å². The molecule has 2 aromatic rings. The van der Waals surface area contributed by atoms with Crippen LogP contribution in [0.5, 0.6) is 5.75 Å². The second-order valence-electron chi connectivity index (χ2n) is 9.92. The number of hydrogen-bond acceptors (Lipinski definition) is 5. The third kappa shape index (κ3) is 4.73. The van der Waals surface area contributed by atoms with E-state index in [2.05, 4.69) is 35.9 Å². The van der Waals surface area contributed by atoms with Crippen molar-refractivity contribution in [2.45, 2.75) is 58.6 Å². The molecule has 2 fully saturated rings. The normalized spacial score (nSPS) is 26.1. The molecule has 1 aromatic carbocycles. The molecule has 0 spiro atoms. The number of nitrogens with zero attached hydrogens (tertiary/aromatic N) is 1. The molecule has 1 aliphatic carbocycles. The Morgan fingerprint density at radius 1 is 1.22 bits per heavy atom. The fourth-order valence-electron chi connectivity index (χ4n) is 6.12. The summed E-state index contributed by atoms with van der Waals surface area (Å²) in [4.78, 5) is 29.3. The van der Waals surface area contributed by atoms with Crippen LogP contribution in [0.2, 0.25) is 0 Å². The predicted octanol–water partition coefficient (Wildman–Crippen LogP) is 6.72. The second-order valence-corrected chi connectivity index (χ2v) is 11.9. The second kappa shape index (κ2) is 10.6. The molecule has 0 radical (unpaired) electrons. The highest BCUT2D eigenvalue weighted by atomic mass is 79.9. The largest absolute Gasteiger partial charge is 0.507 e. The first kappa shape index (κ1) is 25.4. The van der Waals surface area contributed by atoms with E-state index in [1.807, 2.05) is 29.6 Å². The Bertz CT molecular complexity index is 1220. The van der Waals surface area contributed by atoms with Crippen molar-refractivity contribution in [2.75, 3.05) is 6.61 Å². The van der Waals surface area contributed by atoms with Crippen LogP contribution in [0.4, 0.5) is 0 Å². The van der Waals surface area contributed by atoms with Gasteiger partial charge in [-0.2, -0.15) is 0 Å². The van der Waals surface area contributed by atoms with Gasteiger partial charge >= 0.3 is 0 Å². The summed E-state index contributed by atoms with van der Waals surface area (Å²) in [6.45, 7) is 5.16. The summed E-state index contributed by atoms with van der Waals surface area (Å²) in [6.07, 6.45) is 6.17. The fraction of sp³-hybridized carbons (Fsp3) is 0.448. The van der Waals surface area contributed by atoms with E-state index < -0.39 is 0 Å². The predicted molar refractivity (Wildman–Crippen MR) is 145 cm³/mol. The molecular weight excluding hydrogens is 538 g/mol. The van der Waals surface area contributed by atoms with Crippen molar-refractivity contribution in [1.82, 2.24) is 4.90 Å². The molecule has 0 unspecified atom stereocenters. The van der Waals surface area contributed by atoms with Gasteiger partial charge in [0.05, 0.1) is 31.1 Å². The van der Waals surface area contributed by atoms with Gasteiger partial charge in [0.1, 0.15) is 5.75 Å². The summed E-state index contributed by atoms with van der Waals surface area (Å²) in [5.74, 6) is -0.332. The molecule has 36 heavy (non-hydrogen) atoms. The molecule has 7 heteroatoms. The topological polar surface area (TPSA) is 66.8 Å². The van der Waals surface area contributed by atoms with Crippen molar-refractivity contribution >= 4 is 45.2 Å². The number of halogens is 1. The van der Waals surface area contributed by atoms with Crippen molar-refractivity contribution in [1.29, 1.82) is 0 Å². The molecule has 3 heterocycles. The lowest BCUT2D eigenvalue weighted by Crippen LogP contribution is -2.34. The fourth-order valence-corrected chi connectivity index (χ4v) is 7.19. The number of likely N-dealkylation sites (tertiary alicyclic amines) is 1. The van der Waals surface area contributed by atoms with E-state index in [0.29, 0.717) is 19.6 Å². The lowest BCUT2D eigenvalue weighted by molar-refractivity contribution is -0.140. The van der Waals surface area contributed by atoms with Crippen LogP contribution in [0.25, 0.3) is 6.08 Å². The number of fused-ring (bicyclic) bond motifs is 3. The molecule has 1 aromatic heterocycles. The Hall–Kier alpha value is -2.22. The van der Waals surface area contributed by atoms with Crippen LogP contribution < -0.4 is 0 Å². The minimum Gasteiger partial charge on any atom is -0.507 e. The van der Waals surface area contributed by atoms with E-state index in [9.17, 15) is 14.7 Å². The van der Waals surface area contributed by atoms with E-state index >= 15 is 0 Å². The number of phenolic OH excluding ortho intramolecular Hbond substituents is 1. The average Bonchev–Trinajstić information content (AvgIpc) is 3.60. The van der Waals surface area contributed by atoms with Gasteiger partial charge in [0, 0.05) is 20.8 Å². The van der Waals surface area contributed by atoms with Gasteiger partial charge in [-0.1, -0.05) is 53.1 Å². The number of carbonyl (C=O) groups is 2. The number of hydrogen-bond donors (Lipinski definition) is 1. The van der Waals surface area contributed by atoms with Gasteiger partial charge in [-0.3, -0.25) is 14.5 Å². The first-order valence-corrected chi connectivity index (χ1v) is 14.5. The van der Waals surface area contributed by atoms with E-state index in [1.54, 1.807) is 17.4 Å². The summed E-state index contributed by atoms with van der Waals surface area (Å²) in [5.41, 5.74) is 4.63. The number of phenols is 1. The molecule has 4 atom stereocenters. The van der Waals surface area contributed by atoms with Gasteiger partial charge < -0.3 is 9.84 Å². The van der Waals surface area contributed by atoms with Gasteiger partial charge in [0.25, 0.3) is 0 Å². The molecule has 2 saturated heterocycles. The molecule has 3 aliphatic rings. The Labute approximate surface area is 225 Å². The van der Waals surface area contributed by atoms with E-state index in [1.165, 1.54) is 21.6 Å². The lowest BCUT2D eigenvalue weighted by atomic mass is 9.69. The Balaban J connectivity index is 1.34. The highest BCUT2D eigenvalue weighted by molar-refractivity contribution is 9.10. The van der Waals surface area contributed by atoms with Crippen molar-refractivity contribution in [3.05, 3.63) is 67.3 Å². The zero-order valence-electron chi connectivity index (χ0n) is 20.7. The summed E-state index contributed by atoms with van der Waals surface area (Å²) in [6, 6.07) is 9.40. The molecule has 5 nitrogen and oxygen atoms in total. The minimum absolute atomic E-state index is 0.00309. The highest BCUT2D eigenvalue weighted by Gasteiger charge is 2.56. The van der Waals surface area contributed by atoms with Crippen LogP contribution in [-0.2, 0) is 20.9 Å². The number of allylic oxidation sites excluding steroid dienone is 2. The Kier molecular flexibility index (Phi) is 7.52. The number of rotatable bonds is 8. The first-order valence-electron chi connectivity index (χ1n) is 12.8. The van der Waals surface area contributed by atoms with Crippen LogP contribution in [0.15, 0.2) is 56.9 Å². The minimum atomic E-state index is -0.299. The van der Waals surface area contributed by atoms with Gasteiger partial charge in [-0.25, -0.2) is 0 Å². The van der Waals surface area contributed by atoms with Crippen molar-refractivity contribution < 1.29 is 19.4 Å². The van der Waals surface area contributed by atoms with Crippen LogP contribution in [-0.4, -0.2) is 34.5 Å². The quantitative estimate of drug-likeness (QED) is 0.283. The number of carbonyl (C=O) groups excluding carboxylic acids is 2. The number of ether oxygens (including phenoxy) is 1. The zero-order chi connectivity index (χ0) is 25.4. The van der Waals surface area contributed by atoms with Gasteiger partial charge in [0.2, 0.25) is 11.8 Å². The SMILES string of the molecule is CCC1=C2[C@@H](CC/C(=C/c3cc(Br)ccc3O)CC)OC[C@@H]2[C@@H]2C(=O)N(Cc3cccs3)C(=O)[C@@H]2C1. The zero-order valence-corrected chi connectivity index (χ0v) is 23.1. The number of aromatic hydroxyl groups is 1. The van der Waals surface area contributed by atoms with E-state index in [-0.39, 0.29) is 41.4 Å². The summed E-state index contributed by atoms with van der Waals surface area (Å²) < 4.78 is 7.26. The standard InChI is InChI=1S/C29H32BrNO4S/c1-3-17(12-19-13-20(30)8-9-24(19)32)7-10-25-26-18(4-2)14-22-27(23(26)16-35-25)29(34)31(28(22)33)15-21-6-5-11-36-21/h5-6,8-9,11-13,22-23,25,27,32H,3-4,7,10,14-16H2,1-2H3/b17-12+/t22-,23+,25-,27-/m1/s1. The highest BCUT2D eigenvalue weighted by Crippen LogP contribution is 2.50. The molecule has 1 N–H and O–H groups in total. The van der Waals surface area contributed by atoms with Crippen molar-refractivity contribution in [2.24, 2.45) is 17.8 Å². The average molecular weight is 571 g/mol. The molecular formula is C29H32BrNO4S. The monoisotopic (exact) mass is 569 g/mol. The van der Waals surface area contributed by atoms with E-state index in [0.717, 1.165) is 40.6 Å².